The molecule has 2 rings (SSSR count). The predicted molar refractivity (Wildman–Crippen MR) is 66.3 cm³/mol. The van der Waals surface area contributed by atoms with Gasteiger partial charge in [-0.15, -0.1) is 0 Å². The van der Waals surface area contributed by atoms with Gasteiger partial charge in [-0.1, -0.05) is 0 Å². The van der Waals surface area contributed by atoms with Crippen molar-refractivity contribution in [1.29, 1.82) is 0 Å². The number of hydrogen-bond donors (Lipinski definition) is 0. The Labute approximate surface area is 107 Å². The largest absolute Gasteiger partial charge is 0.327 e. The number of ether oxygens (including phenoxy) is 2. The third kappa shape index (κ3) is 3.12. The van der Waals surface area contributed by atoms with Crippen molar-refractivity contribution in [2.24, 2.45) is 0 Å². The minimum Gasteiger partial charge on any atom is -0.327 e. The van der Waals surface area contributed by atoms with Crippen molar-refractivity contribution in [3.05, 3.63) is 49.1 Å². The monoisotopic (exact) mass is 246 g/mol. The molecular weight excluding hydrogens is 228 g/mol. The second-order valence-corrected chi connectivity index (χ2v) is 4.04. The summed E-state index contributed by atoms with van der Waals surface area (Å²) >= 11 is 0. The van der Waals surface area contributed by atoms with Crippen LogP contribution in [-0.2, 0) is 22.9 Å². The van der Waals surface area contributed by atoms with Crippen molar-refractivity contribution in [2.45, 2.75) is 13.5 Å². The fourth-order valence-corrected chi connectivity index (χ4v) is 1.77. The number of hydrogen-bond acceptors (Lipinski definition) is 2. The van der Waals surface area contributed by atoms with Crippen molar-refractivity contribution < 1.29 is 18.6 Å². The van der Waals surface area contributed by atoms with Gasteiger partial charge in [0.25, 0.3) is 13.5 Å². The zero-order chi connectivity index (χ0) is 12.8. The molecule has 2 aromatic rings. The predicted octanol–water partition coefficient (Wildman–Crippen LogP) is 1.14. The fourth-order valence-electron chi connectivity index (χ4n) is 1.77. The molecule has 0 atom stereocenters. The molecule has 0 bridgehead atoms. The maximum absolute atomic E-state index is 5.06. The highest BCUT2D eigenvalue weighted by Gasteiger charge is 2.04. The van der Waals surface area contributed by atoms with Crippen LogP contribution in [0, 0.1) is 0 Å². The lowest BCUT2D eigenvalue weighted by molar-refractivity contribution is -0.731. The first-order valence-corrected chi connectivity index (χ1v) is 5.80. The van der Waals surface area contributed by atoms with Crippen molar-refractivity contribution in [1.82, 2.24) is 0 Å². The number of methoxy groups -OCH3 is 2. The van der Waals surface area contributed by atoms with E-state index in [-0.39, 0.29) is 0 Å². The zero-order valence-corrected chi connectivity index (χ0v) is 10.7. The van der Waals surface area contributed by atoms with Gasteiger partial charge in [0.1, 0.15) is 0 Å². The molecule has 2 heterocycles. The summed E-state index contributed by atoms with van der Waals surface area (Å²) in [5.41, 5.74) is 2.37. The van der Waals surface area contributed by atoms with E-state index in [1.54, 1.807) is 14.2 Å². The molecule has 0 amide bonds. The molecule has 18 heavy (non-hydrogen) atoms. The molecule has 0 aliphatic rings. The first kappa shape index (κ1) is 12.7. The summed E-state index contributed by atoms with van der Waals surface area (Å²) in [5, 5.41) is 0. The lowest BCUT2D eigenvalue weighted by Gasteiger charge is -2.00. The van der Waals surface area contributed by atoms with E-state index in [9.17, 15) is 0 Å². The molecule has 0 aliphatic carbocycles. The van der Waals surface area contributed by atoms with E-state index in [0.29, 0.717) is 13.5 Å². The Morgan fingerprint density at radius 3 is 1.33 bits per heavy atom. The Morgan fingerprint density at radius 2 is 1.06 bits per heavy atom. The van der Waals surface area contributed by atoms with Gasteiger partial charge in [-0.3, -0.25) is 0 Å². The Morgan fingerprint density at radius 1 is 0.722 bits per heavy atom. The number of aromatic nitrogens is 2. The molecule has 4 heteroatoms. The average molecular weight is 246 g/mol. The summed E-state index contributed by atoms with van der Waals surface area (Å²) in [6.07, 6.45) is 8.04. The summed E-state index contributed by atoms with van der Waals surface area (Å²) in [6.45, 7) is 1.14. The van der Waals surface area contributed by atoms with E-state index in [1.807, 2.05) is 33.9 Å². The van der Waals surface area contributed by atoms with Crippen LogP contribution in [0.1, 0.15) is 0 Å². The van der Waals surface area contributed by atoms with Crippen molar-refractivity contribution in [2.75, 3.05) is 14.2 Å². The molecule has 0 spiro atoms. The Balaban J connectivity index is 2.15. The molecule has 0 N–H and O–H groups in total. The number of rotatable bonds is 5. The van der Waals surface area contributed by atoms with Gasteiger partial charge in [-0.05, 0) is 11.1 Å². The number of pyridine rings is 2. The highest BCUT2D eigenvalue weighted by atomic mass is 16.5. The van der Waals surface area contributed by atoms with Gasteiger partial charge in [0.15, 0.2) is 24.8 Å². The van der Waals surface area contributed by atoms with E-state index in [0.717, 1.165) is 0 Å². The quantitative estimate of drug-likeness (QED) is 0.739. The lowest BCUT2D eigenvalue weighted by atomic mass is 10.1. The lowest BCUT2D eigenvalue weighted by Crippen LogP contribution is -2.33. The third-order valence-electron chi connectivity index (χ3n) is 2.67. The van der Waals surface area contributed by atoms with Gasteiger partial charge < -0.3 is 9.47 Å². The van der Waals surface area contributed by atoms with Gasteiger partial charge in [0.05, 0.1) is 0 Å². The van der Waals surface area contributed by atoms with Gasteiger partial charge in [0.2, 0.25) is 0 Å². The molecule has 0 aromatic carbocycles. The molecule has 0 radical (unpaired) electrons. The van der Waals surface area contributed by atoms with Gasteiger partial charge in [0, 0.05) is 38.5 Å². The minimum atomic E-state index is 0.572. The average Bonchev–Trinajstić information content (AvgIpc) is 2.41. The van der Waals surface area contributed by atoms with E-state index in [1.165, 1.54) is 11.1 Å². The summed E-state index contributed by atoms with van der Waals surface area (Å²) < 4.78 is 14.1. The zero-order valence-electron chi connectivity index (χ0n) is 10.7. The Bertz CT molecular complexity index is 433. The van der Waals surface area contributed by atoms with Crippen LogP contribution in [-0.4, -0.2) is 14.2 Å². The summed E-state index contributed by atoms with van der Waals surface area (Å²) in [4.78, 5) is 0. The molecular formula is C14H18N2O2+2. The van der Waals surface area contributed by atoms with Gasteiger partial charge in [-0.2, -0.15) is 9.13 Å². The highest BCUT2D eigenvalue weighted by molar-refractivity contribution is 5.60. The van der Waals surface area contributed by atoms with Crippen LogP contribution in [0.5, 0.6) is 0 Å². The van der Waals surface area contributed by atoms with Crippen LogP contribution in [0.25, 0.3) is 11.1 Å². The molecule has 4 nitrogen and oxygen atoms in total. The normalized spacial score (nSPS) is 10.6. The smallest absolute Gasteiger partial charge is 0.252 e. The highest BCUT2D eigenvalue weighted by Crippen LogP contribution is 2.15. The third-order valence-corrected chi connectivity index (χ3v) is 2.67. The topological polar surface area (TPSA) is 26.2 Å². The van der Waals surface area contributed by atoms with Crippen LogP contribution >= 0.6 is 0 Å². The Hall–Kier alpha value is -1.78. The molecule has 0 fully saturated rings. The van der Waals surface area contributed by atoms with Crippen molar-refractivity contribution >= 4 is 0 Å². The van der Waals surface area contributed by atoms with E-state index < -0.39 is 0 Å². The van der Waals surface area contributed by atoms with Crippen LogP contribution in [0.15, 0.2) is 49.1 Å². The molecule has 2 aromatic heterocycles. The molecule has 0 saturated heterocycles. The first-order chi connectivity index (χ1) is 8.83. The van der Waals surface area contributed by atoms with Crippen molar-refractivity contribution in [3.63, 3.8) is 0 Å². The standard InChI is InChI=1S/C14H18N2O2/c1-17-11-15-7-3-13(4-8-15)14-5-9-16(10-6-14)12-18-2/h3-10H,11-12H2,1-2H3/q+2. The second-order valence-electron chi connectivity index (χ2n) is 4.04. The summed E-state index contributed by atoms with van der Waals surface area (Å²) in [6, 6.07) is 8.31. The van der Waals surface area contributed by atoms with E-state index >= 15 is 0 Å². The van der Waals surface area contributed by atoms with Crippen LogP contribution < -0.4 is 9.13 Å². The maximum atomic E-state index is 5.06. The van der Waals surface area contributed by atoms with Crippen LogP contribution in [0.4, 0.5) is 0 Å². The van der Waals surface area contributed by atoms with E-state index in [2.05, 4.69) is 24.3 Å². The molecule has 0 saturated carbocycles. The molecule has 0 unspecified atom stereocenters. The minimum absolute atomic E-state index is 0.572. The van der Waals surface area contributed by atoms with Gasteiger partial charge >= 0.3 is 0 Å². The number of nitrogens with zero attached hydrogens (tertiary/aromatic N) is 2. The van der Waals surface area contributed by atoms with Gasteiger partial charge in [-0.25, -0.2) is 0 Å². The fraction of sp³-hybridized carbons (Fsp3) is 0.286. The Kier molecular flexibility index (Phi) is 4.39. The van der Waals surface area contributed by atoms with E-state index in [4.69, 9.17) is 9.47 Å². The van der Waals surface area contributed by atoms with Crippen LogP contribution in [0.2, 0.25) is 0 Å². The SMILES string of the molecule is COC[n+]1ccc(-c2cc[n+](COC)cc2)cc1. The molecule has 0 aliphatic heterocycles. The first-order valence-electron chi connectivity index (χ1n) is 5.80. The second kappa shape index (κ2) is 6.23. The summed E-state index contributed by atoms with van der Waals surface area (Å²) in [7, 11) is 3.37. The van der Waals surface area contributed by atoms with Crippen LogP contribution in [0.3, 0.4) is 0 Å². The summed E-state index contributed by atoms with van der Waals surface area (Å²) in [5.74, 6) is 0. The maximum Gasteiger partial charge on any atom is 0.252 e. The molecule has 94 valence electrons. The van der Waals surface area contributed by atoms with Crippen molar-refractivity contribution in [3.8, 4) is 11.1 Å².